The predicted octanol–water partition coefficient (Wildman–Crippen LogP) is 1.24. The number of aromatic nitrogens is 1. The van der Waals surface area contributed by atoms with Gasteiger partial charge in [-0.2, -0.15) is 12.7 Å². The summed E-state index contributed by atoms with van der Waals surface area (Å²) in [4.78, 5) is 14.5. The standard InChI is InChI=1S/C13H19N3O4S/c17-13(18)9-11-5-6-12(10-14-11)15-21(19,20)16-7-3-1-2-4-8-16/h5-6,10,15H,1-4,7-9H2,(H,17,18). The van der Waals surface area contributed by atoms with Gasteiger partial charge in [-0.15, -0.1) is 0 Å². The van der Waals surface area contributed by atoms with Gasteiger partial charge in [0, 0.05) is 13.1 Å². The average molecular weight is 313 g/mol. The number of hydrogen-bond acceptors (Lipinski definition) is 4. The van der Waals surface area contributed by atoms with Gasteiger partial charge in [-0.25, -0.2) is 0 Å². The van der Waals surface area contributed by atoms with Crippen LogP contribution in [0.2, 0.25) is 0 Å². The summed E-state index contributed by atoms with van der Waals surface area (Å²) in [5.41, 5.74) is 0.730. The number of anilines is 1. The summed E-state index contributed by atoms with van der Waals surface area (Å²) in [5, 5.41) is 8.66. The van der Waals surface area contributed by atoms with Crippen molar-refractivity contribution >= 4 is 21.9 Å². The van der Waals surface area contributed by atoms with E-state index in [9.17, 15) is 13.2 Å². The normalized spacial score (nSPS) is 17.1. The topological polar surface area (TPSA) is 99.6 Å². The molecule has 0 unspecified atom stereocenters. The van der Waals surface area contributed by atoms with E-state index < -0.39 is 16.2 Å². The van der Waals surface area contributed by atoms with Gasteiger partial charge in [0.15, 0.2) is 0 Å². The highest BCUT2D eigenvalue weighted by atomic mass is 32.2. The van der Waals surface area contributed by atoms with Crippen molar-refractivity contribution in [2.75, 3.05) is 17.8 Å². The first-order chi connectivity index (χ1) is 9.97. The predicted molar refractivity (Wildman–Crippen MR) is 78.2 cm³/mol. The zero-order valence-corrected chi connectivity index (χ0v) is 12.5. The lowest BCUT2D eigenvalue weighted by molar-refractivity contribution is -0.136. The fourth-order valence-corrected chi connectivity index (χ4v) is 3.53. The Morgan fingerprint density at radius 3 is 2.43 bits per heavy atom. The second kappa shape index (κ2) is 6.86. The van der Waals surface area contributed by atoms with E-state index in [4.69, 9.17) is 5.11 Å². The molecule has 1 aromatic heterocycles. The maximum absolute atomic E-state index is 12.3. The van der Waals surface area contributed by atoms with Crippen LogP contribution in [-0.4, -0.2) is 41.9 Å². The molecule has 0 amide bonds. The summed E-state index contributed by atoms with van der Waals surface area (Å²) in [6, 6.07) is 3.04. The third kappa shape index (κ3) is 4.68. The number of pyridine rings is 1. The van der Waals surface area contributed by atoms with Crippen molar-refractivity contribution in [3.05, 3.63) is 24.0 Å². The Morgan fingerprint density at radius 1 is 1.24 bits per heavy atom. The molecule has 116 valence electrons. The summed E-state index contributed by atoms with van der Waals surface area (Å²) < 4.78 is 28.5. The number of rotatable bonds is 5. The molecule has 0 atom stereocenters. The number of carboxylic acid groups (broad SMARTS) is 1. The molecule has 0 saturated carbocycles. The smallest absolute Gasteiger partial charge is 0.309 e. The van der Waals surface area contributed by atoms with Crippen molar-refractivity contribution in [3.63, 3.8) is 0 Å². The lowest BCUT2D eigenvalue weighted by atomic mass is 10.2. The fraction of sp³-hybridized carbons (Fsp3) is 0.538. The third-order valence-electron chi connectivity index (χ3n) is 3.31. The largest absolute Gasteiger partial charge is 0.481 e. The molecule has 2 rings (SSSR count). The number of hydrogen-bond donors (Lipinski definition) is 2. The van der Waals surface area contributed by atoms with Gasteiger partial charge >= 0.3 is 16.2 Å². The van der Waals surface area contributed by atoms with Crippen molar-refractivity contribution in [1.82, 2.24) is 9.29 Å². The van der Waals surface area contributed by atoms with Crippen LogP contribution in [0.4, 0.5) is 5.69 Å². The van der Waals surface area contributed by atoms with Crippen molar-refractivity contribution in [1.29, 1.82) is 0 Å². The Balaban J connectivity index is 2.03. The van der Waals surface area contributed by atoms with Crippen LogP contribution in [0.25, 0.3) is 0 Å². The molecule has 1 fully saturated rings. The summed E-state index contributed by atoms with van der Waals surface area (Å²) in [6.07, 6.45) is 5.01. The van der Waals surface area contributed by atoms with Gasteiger partial charge in [-0.3, -0.25) is 14.5 Å². The molecule has 0 aromatic carbocycles. The van der Waals surface area contributed by atoms with E-state index in [0.29, 0.717) is 24.5 Å². The first-order valence-corrected chi connectivity index (χ1v) is 8.36. The van der Waals surface area contributed by atoms with Crippen molar-refractivity contribution < 1.29 is 18.3 Å². The number of nitrogens with zero attached hydrogens (tertiary/aromatic N) is 2. The maximum atomic E-state index is 12.3. The number of carbonyl (C=O) groups is 1. The Labute approximate surface area is 124 Å². The van der Waals surface area contributed by atoms with Crippen molar-refractivity contribution in [2.45, 2.75) is 32.1 Å². The first-order valence-electron chi connectivity index (χ1n) is 6.92. The highest BCUT2D eigenvalue weighted by Crippen LogP contribution is 2.16. The number of aliphatic carboxylic acids is 1. The van der Waals surface area contributed by atoms with Gasteiger partial charge in [-0.05, 0) is 25.0 Å². The fourth-order valence-electron chi connectivity index (χ4n) is 2.24. The highest BCUT2D eigenvalue weighted by molar-refractivity contribution is 7.90. The zero-order chi connectivity index (χ0) is 15.3. The van der Waals surface area contributed by atoms with E-state index in [-0.39, 0.29) is 6.42 Å². The van der Waals surface area contributed by atoms with E-state index in [2.05, 4.69) is 9.71 Å². The SMILES string of the molecule is O=C(O)Cc1ccc(NS(=O)(=O)N2CCCCCC2)cn1. The molecule has 0 aliphatic carbocycles. The van der Waals surface area contributed by atoms with Crippen LogP contribution < -0.4 is 4.72 Å². The lowest BCUT2D eigenvalue weighted by Gasteiger charge is -2.20. The van der Waals surface area contributed by atoms with Crippen LogP contribution in [0.1, 0.15) is 31.4 Å². The van der Waals surface area contributed by atoms with Gasteiger partial charge < -0.3 is 5.11 Å². The van der Waals surface area contributed by atoms with Crippen molar-refractivity contribution in [3.8, 4) is 0 Å². The Hall–Kier alpha value is -1.67. The number of carboxylic acids is 1. The molecule has 1 aliphatic rings. The van der Waals surface area contributed by atoms with E-state index in [1.165, 1.54) is 22.6 Å². The summed E-state index contributed by atoms with van der Waals surface area (Å²) in [7, 11) is -3.57. The average Bonchev–Trinajstić information content (AvgIpc) is 2.69. The minimum atomic E-state index is -3.57. The second-order valence-corrected chi connectivity index (χ2v) is 6.70. The molecule has 0 bridgehead atoms. The molecule has 2 N–H and O–H groups in total. The van der Waals surface area contributed by atoms with Crippen LogP contribution in [0.3, 0.4) is 0 Å². The first kappa shape index (κ1) is 15.7. The third-order valence-corrected chi connectivity index (χ3v) is 4.85. The maximum Gasteiger partial charge on any atom is 0.309 e. The van der Waals surface area contributed by atoms with Crippen LogP contribution >= 0.6 is 0 Å². The van der Waals surface area contributed by atoms with Crippen LogP contribution in [0.5, 0.6) is 0 Å². The molecule has 2 heterocycles. The summed E-state index contributed by atoms with van der Waals surface area (Å²) in [6.45, 7) is 1.06. The Kier molecular flexibility index (Phi) is 5.13. The van der Waals surface area contributed by atoms with Gasteiger partial charge in [0.1, 0.15) is 0 Å². The molecule has 21 heavy (non-hydrogen) atoms. The Bertz CT molecular complexity index is 578. The molecule has 0 radical (unpaired) electrons. The van der Waals surface area contributed by atoms with Gasteiger partial charge in [0.25, 0.3) is 0 Å². The van der Waals surface area contributed by atoms with Crippen LogP contribution in [0.15, 0.2) is 18.3 Å². The zero-order valence-electron chi connectivity index (χ0n) is 11.7. The molecule has 0 spiro atoms. The monoisotopic (exact) mass is 313 g/mol. The summed E-state index contributed by atoms with van der Waals surface area (Å²) >= 11 is 0. The van der Waals surface area contributed by atoms with E-state index in [0.717, 1.165) is 25.7 Å². The molecule has 1 aliphatic heterocycles. The van der Waals surface area contributed by atoms with Gasteiger partial charge in [-0.1, -0.05) is 12.8 Å². The van der Waals surface area contributed by atoms with Crippen LogP contribution in [0, 0.1) is 0 Å². The van der Waals surface area contributed by atoms with E-state index in [1.54, 1.807) is 0 Å². The van der Waals surface area contributed by atoms with E-state index in [1.807, 2.05) is 0 Å². The second-order valence-electron chi connectivity index (χ2n) is 5.03. The van der Waals surface area contributed by atoms with E-state index >= 15 is 0 Å². The van der Waals surface area contributed by atoms with Crippen molar-refractivity contribution in [2.24, 2.45) is 0 Å². The van der Waals surface area contributed by atoms with Gasteiger partial charge in [0.2, 0.25) is 0 Å². The Morgan fingerprint density at radius 2 is 1.90 bits per heavy atom. The minimum absolute atomic E-state index is 0.181. The molecule has 1 saturated heterocycles. The quantitative estimate of drug-likeness (QED) is 0.852. The summed E-state index contributed by atoms with van der Waals surface area (Å²) in [5.74, 6) is -0.972. The molecule has 1 aromatic rings. The molecular formula is C13H19N3O4S. The number of nitrogens with one attached hydrogen (secondary N) is 1. The minimum Gasteiger partial charge on any atom is -0.481 e. The van der Waals surface area contributed by atoms with Crippen LogP contribution in [-0.2, 0) is 21.4 Å². The lowest BCUT2D eigenvalue weighted by Crippen LogP contribution is -2.36. The molecule has 7 nitrogen and oxygen atoms in total. The highest BCUT2D eigenvalue weighted by Gasteiger charge is 2.22. The van der Waals surface area contributed by atoms with Gasteiger partial charge in [0.05, 0.1) is 24.0 Å². The molecule has 8 heteroatoms. The molecular weight excluding hydrogens is 294 g/mol.